The Kier molecular flexibility index (Phi) is 2.62. The number of hydrogen-bond donors (Lipinski definition) is 1. The van der Waals surface area contributed by atoms with Crippen molar-refractivity contribution in [3.8, 4) is 5.75 Å². The van der Waals surface area contributed by atoms with E-state index in [1.54, 1.807) is 6.07 Å². The number of rotatable bonds is 1. The molecule has 0 spiro atoms. The molecule has 3 heteroatoms. The lowest BCUT2D eigenvalue weighted by molar-refractivity contribution is 0.475. The second-order valence-electron chi connectivity index (χ2n) is 5.10. The number of anilines is 1. The van der Waals surface area contributed by atoms with E-state index in [4.69, 9.17) is 0 Å². The fraction of sp³-hybridized carbons (Fsp3) is 0.462. The zero-order valence-corrected chi connectivity index (χ0v) is 10.1. The number of phenols is 1. The van der Waals surface area contributed by atoms with Crippen LogP contribution < -0.4 is 4.90 Å². The molecule has 0 bridgehead atoms. The van der Waals surface area contributed by atoms with Crippen molar-refractivity contribution in [2.75, 3.05) is 18.0 Å². The van der Waals surface area contributed by atoms with Crippen LogP contribution in [0, 0.1) is 5.41 Å². The average Bonchev–Trinajstić information content (AvgIpc) is 2.66. The molecule has 1 heterocycles. The van der Waals surface area contributed by atoms with Gasteiger partial charge >= 0.3 is 0 Å². The number of amidine groups is 1. The summed E-state index contributed by atoms with van der Waals surface area (Å²) in [5.41, 5.74) is 0.868. The molecular weight excluding hydrogens is 200 g/mol. The second-order valence-corrected chi connectivity index (χ2v) is 5.10. The predicted octanol–water partition coefficient (Wildman–Crippen LogP) is 2.66. The minimum atomic E-state index is 0.0127. The van der Waals surface area contributed by atoms with Crippen LogP contribution in [0.25, 0.3) is 0 Å². The molecule has 16 heavy (non-hydrogen) atoms. The first-order chi connectivity index (χ1) is 7.50. The standard InChI is InChI=1S/C13H18N2O/c1-13(2,3)12-14-8-9-15(12)10-6-4-5-7-11(10)16/h4-7,16H,8-9H2,1-3H3. The molecule has 0 aliphatic carbocycles. The van der Waals surface area contributed by atoms with Gasteiger partial charge in [0.25, 0.3) is 0 Å². The summed E-state index contributed by atoms with van der Waals surface area (Å²) < 4.78 is 0. The van der Waals surface area contributed by atoms with Gasteiger partial charge in [0, 0.05) is 12.0 Å². The Morgan fingerprint density at radius 1 is 1.25 bits per heavy atom. The third kappa shape index (κ3) is 1.90. The Morgan fingerprint density at radius 3 is 2.56 bits per heavy atom. The maximum atomic E-state index is 9.86. The molecule has 1 aromatic rings. The molecule has 0 unspecified atom stereocenters. The van der Waals surface area contributed by atoms with Crippen LogP contribution in [0.5, 0.6) is 5.75 Å². The molecule has 1 aliphatic heterocycles. The molecule has 0 saturated heterocycles. The Labute approximate surface area is 96.4 Å². The topological polar surface area (TPSA) is 35.8 Å². The van der Waals surface area contributed by atoms with Crippen molar-refractivity contribution in [1.29, 1.82) is 0 Å². The van der Waals surface area contributed by atoms with Gasteiger partial charge in [0.1, 0.15) is 11.6 Å². The fourth-order valence-corrected chi connectivity index (χ4v) is 2.02. The van der Waals surface area contributed by atoms with E-state index in [0.29, 0.717) is 5.75 Å². The highest BCUT2D eigenvalue weighted by Gasteiger charge is 2.29. The summed E-state index contributed by atoms with van der Waals surface area (Å²) in [5.74, 6) is 1.37. The summed E-state index contributed by atoms with van der Waals surface area (Å²) in [7, 11) is 0. The molecule has 3 nitrogen and oxygen atoms in total. The van der Waals surface area contributed by atoms with Crippen LogP contribution in [0.15, 0.2) is 29.3 Å². The third-order valence-electron chi connectivity index (χ3n) is 2.68. The van der Waals surface area contributed by atoms with Gasteiger partial charge in [-0.1, -0.05) is 32.9 Å². The van der Waals surface area contributed by atoms with Crippen LogP contribution in [0.3, 0.4) is 0 Å². The fourth-order valence-electron chi connectivity index (χ4n) is 2.02. The van der Waals surface area contributed by atoms with Gasteiger partial charge in [-0.15, -0.1) is 0 Å². The molecule has 1 N–H and O–H groups in total. The van der Waals surface area contributed by atoms with E-state index in [0.717, 1.165) is 24.6 Å². The van der Waals surface area contributed by atoms with Crippen molar-refractivity contribution in [2.24, 2.45) is 10.4 Å². The van der Waals surface area contributed by atoms with E-state index in [1.165, 1.54) is 0 Å². The minimum absolute atomic E-state index is 0.0127. The van der Waals surface area contributed by atoms with Gasteiger partial charge < -0.3 is 10.0 Å². The lowest BCUT2D eigenvalue weighted by Gasteiger charge is -2.29. The maximum Gasteiger partial charge on any atom is 0.139 e. The Hall–Kier alpha value is -1.51. The van der Waals surface area contributed by atoms with Crippen LogP contribution in [-0.2, 0) is 0 Å². The summed E-state index contributed by atoms with van der Waals surface area (Å²) in [6, 6.07) is 7.42. The lowest BCUT2D eigenvalue weighted by Crippen LogP contribution is -2.36. The summed E-state index contributed by atoms with van der Waals surface area (Å²) in [6.45, 7) is 8.09. The first-order valence-electron chi connectivity index (χ1n) is 5.60. The average molecular weight is 218 g/mol. The van der Waals surface area contributed by atoms with Crippen LogP contribution >= 0.6 is 0 Å². The monoisotopic (exact) mass is 218 g/mol. The van der Waals surface area contributed by atoms with Crippen molar-refractivity contribution < 1.29 is 5.11 Å². The summed E-state index contributed by atoms with van der Waals surface area (Å²) in [4.78, 5) is 6.64. The highest BCUT2D eigenvalue weighted by Crippen LogP contribution is 2.32. The molecule has 0 amide bonds. The Balaban J connectivity index is 2.37. The molecule has 1 aromatic carbocycles. The zero-order chi connectivity index (χ0) is 11.8. The van der Waals surface area contributed by atoms with Gasteiger partial charge in [-0.3, -0.25) is 4.99 Å². The molecule has 2 rings (SSSR count). The molecular formula is C13H18N2O. The van der Waals surface area contributed by atoms with Gasteiger partial charge in [0.05, 0.1) is 12.2 Å². The number of hydrogen-bond acceptors (Lipinski definition) is 3. The first-order valence-corrected chi connectivity index (χ1v) is 5.60. The first kappa shape index (κ1) is 11.0. The van der Waals surface area contributed by atoms with E-state index in [2.05, 4.69) is 30.7 Å². The Bertz CT molecular complexity index is 418. The van der Waals surface area contributed by atoms with Crippen molar-refractivity contribution >= 4 is 11.5 Å². The van der Waals surface area contributed by atoms with E-state index in [9.17, 15) is 5.11 Å². The van der Waals surface area contributed by atoms with Gasteiger partial charge in [-0.25, -0.2) is 0 Å². The molecule has 1 aliphatic rings. The number of para-hydroxylation sites is 2. The highest BCUT2D eigenvalue weighted by atomic mass is 16.3. The van der Waals surface area contributed by atoms with E-state index in [-0.39, 0.29) is 5.41 Å². The van der Waals surface area contributed by atoms with Crippen molar-refractivity contribution in [3.63, 3.8) is 0 Å². The SMILES string of the molecule is CC(C)(C)C1=NCCN1c1ccccc1O. The summed E-state index contributed by atoms with van der Waals surface area (Å²) in [6.07, 6.45) is 0. The van der Waals surface area contributed by atoms with Crippen LogP contribution in [0.1, 0.15) is 20.8 Å². The number of benzene rings is 1. The van der Waals surface area contributed by atoms with Gasteiger partial charge in [0.15, 0.2) is 0 Å². The zero-order valence-electron chi connectivity index (χ0n) is 10.1. The predicted molar refractivity (Wildman–Crippen MR) is 67.2 cm³/mol. The summed E-state index contributed by atoms with van der Waals surface area (Å²) in [5, 5.41) is 9.86. The number of aliphatic imine (C=N–C) groups is 1. The number of nitrogens with zero attached hydrogens (tertiary/aromatic N) is 2. The lowest BCUT2D eigenvalue weighted by atomic mass is 9.94. The van der Waals surface area contributed by atoms with Crippen LogP contribution in [0.4, 0.5) is 5.69 Å². The highest BCUT2D eigenvalue weighted by molar-refractivity contribution is 6.03. The minimum Gasteiger partial charge on any atom is -0.506 e. The summed E-state index contributed by atoms with van der Waals surface area (Å²) >= 11 is 0. The second kappa shape index (κ2) is 3.81. The largest absolute Gasteiger partial charge is 0.506 e. The molecule has 0 atom stereocenters. The molecule has 86 valence electrons. The number of phenolic OH excluding ortho intramolecular Hbond substituents is 1. The van der Waals surface area contributed by atoms with Crippen molar-refractivity contribution in [3.05, 3.63) is 24.3 Å². The maximum absolute atomic E-state index is 9.86. The van der Waals surface area contributed by atoms with E-state index in [1.807, 2.05) is 18.2 Å². The van der Waals surface area contributed by atoms with Crippen molar-refractivity contribution in [2.45, 2.75) is 20.8 Å². The van der Waals surface area contributed by atoms with E-state index < -0.39 is 0 Å². The van der Waals surface area contributed by atoms with Crippen molar-refractivity contribution in [1.82, 2.24) is 0 Å². The quantitative estimate of drug-likeness (QED) is 0.786. The van der Waals surface area contributed by atoms with E-state index >= 15 is 0 Å². The third-order valence-corrected chi connectivity index (χ3v) is 2.68. The van der Waals surface area contributed by atoms with Gasteiger partial charge in [-0.2, -0.15) is 0 Å². The molecule has 0 fully saturated rings. The molecule has 0 aromatic heterocycles. The smallest absolute Gasteiger partial charge is 0.139 e. The normalized spacial score (nSPS) is 16.4. The molecule has 0 radical (unpaired) electrons. The number of aromatic hydroxyl groups is 1. The van der Waals surface area contributed by atoms with Gasteiger partial charge in [0.2, 0.25) is 0 Å². The van der Waals surface area contributed by atoms with Crippen LogP contribution in [-0.4, -0.2) is 24.0 Å². The van der Waals surface area contributed by atoms with Gasteiger partial charge in [-0.05, 0) is 12.1 Å². The molecule has 0 saturated carbocycles. The van der Waals surface area contributed by atoms with Crippen LogP contribution in [0.2, 0.25) is 0 Å². The Morgan fingerprint density at radius 2 is 1.94 bits per heavy atom.